The molecule has 0 aliphatic carbocycles. The number of pyridine rings is 2. The summed E-state index contributed by atoms with van der Waals surface area (Å²) in [4.78, 5) is 8.67. The monoisotopic (exact) mass is 401 g/mol. The van der Waals surface area contributed by atoms with Crippen molar-refractivity contribution in [2.45, 2.75) is 20.5 Å². The fourth-order valence-electron chi connectivity index (χ4n) is 3.37. The van der Waals surface area contributed by atoms with Gasteiger partial charge in [-0.2, -0.15) is 0 Å². The molecule has 0 amide bonds. The van der Waals surface area contributed by atoms with Crippen LogP contribution in [0.2, 0.25) is 0 Å². The molecule has 30 heavy (non-hydrogen) atoms. The van der Waals surface area contributed by atoms with Crippen molar-refractivity contribution in [1.82, 2.24) is 24.7 Å². The zero-order valence-corrected chi connectivity index (χ0v) is 17.5. The van der Waals surface area contributed by atoms with E-state index in [9.17, 15) is 0 Å². The summed E-state index contributed by atoms with van der Waals surface area (Å²) in [6.45, 7) is 4.46. The number of benzene rings is 1. The van der Waals surface area contributed by atoms with Crippen LogP contribution in [0.3, 0.4) is 0 Å². The van der Waals surface area contributed by atoms with Crippen molar-refractivity contribution >= 4 is 0 Å². The maximum atomic E-state index is 5.31. The first-order valence-electron chi connectivity index (χ1n) is 9.59. The molecule has 0 fully saturated rings. The van der Waals surface area contributed by atoms with Gasteiger partial charge in [0, 0.05) is 30.6 Å². The number of rotatable bonds is 6. The van der Waals surface area contributed by atoms with Gasteiger partial charge < -0.3 is 9.47 Å². The smallest absolute Gasteiger partial charge is 0.213 e. The second kappa shape index (κ2) is 8.42. The van der Waals surface area contributed by atoms with E-state index in [1.54, 1.807) is 20.4 Å². The molecule has 3 heterocycles. The molecule has 0 unspecified atom stereocenters. The van der Waals surface area contributed by atoms with E-state index in [1.165, 1.54) is 11.1 Å². The van der Waals surface area contributed by atoms with Gasteiger partial charge in [-0.3, -0.25) is 9.55 Å². The minimum absolute atomic E-state index is 0.340. The molecule has 1 aromatic carbocycles. The summed E-state index contributed by atoms with van der Waals surface area (Å²) in [7, 11) is 3.23. The predicted octanol–water partition coefficient (Wildman–Crippen LogP) is 4.16. The molecule has 4 aromatic rings. The SMILES string of the molecule is COCc1nnc(-c2ccc(-c3ccnc(C)c3C)cc2)n1-c1ccc(OC)nc1. The Bertz CT molecular complexity index is 1150. The van der Waals surface area contributed by atoms with Gasteiger partial charge in [0.2, 0.25) is 5.88 Å². The topological polar surface area (TPSA) is 75.0 Å². The lowest BCUT2D eigenvalue weighted by atomic mass is 9.99. The highest BCUT2D eigenvalue weighted by atomic mass is 16.5. The molecule has 3 aromatic heterocycles. The molecule has 4 rings (SSSR count). The molecular weight excluding hydrogens is 378 g/mol. The Morgan fingerprint density at radius 3 is 2.30 bits per heavy atom. The van der Waals surface area contributed by atoms with Crippen LogP contribution in [0.25, 0.3) is 28.2 Å². The van der Waals surface area contributed by atoms with Crippen molar-refractivity contribution in [3.8, 4) is 34.1 Å². The van der Waals surface area contributed by atoms with Crippen molar-refractivity contribution in [2.75, 3.05) is 14.2 Å². The highest BCUT2D eigenvalue weighted by Crippen LogP contribution is 2.29. The van der Waals surface area contributed by atoms with E-state index in [4.69, 9.17) is 9.47 Å². The number of methoxy groups -OCH3 is 2. The van der Waals surface area contributed by atoms with Crippen molar-refractivity contribution < 1.29 is 9.47 Å². The van der Waals surface area contributed by atoms with E-state index in [-0.39, 0.29) is 0 Å². The fourth-order valence-corrected chi connectivity index (χ4v) is 3.37. The molecule has 152 valence electrons. The van der Waals surface area contributed by atoms with Gasteiger partial charge in [0.25, 0.3) is 0 Å². The van der Waals surface area contributed by atoms with Crippen molar-refractivity contribution in [3.05, 3.63) is 71.9 Å². The van der Waals surface area contributed by atoms with Crippen LogP contribution in [0.5, 0.6) is 5.88 Å². The second-order valence-electron chi connectivity index (χ2n) is 6.91. The minimum atomic E-state index is 0.340. The van der Waals surface area contributed by atoms with Crippen LogP contribution in [0, 0.1) is 13.8 Å². The summed E-state index contributed by atoms with van der Waals surface area (Å²) in [5.74, 6) is 1.97. The van der Waals surface area contributed by atoms with Crippen LogP contribution in [0.15, 0.2) is 54.9 Å². The molecule has 0 N–H and O–H groups in total. The van der Waals surface area contributed by atoms with E-state index < -0.39 is 0 Å². The van der Waals surface area contributed by atoms with Gasteiger partial charge in [0.05, 0.1) is 19.0 Å². The number of aromatic nitrogens is 5. The van der Waals surface area contributed by atoms with Gasteiger partial charge in [-0.25, -0.2) is 4.98 Å². The first-order valence-corrected chi connectivity index (χ1v) is 9.59. The summed E-state index contributed by atoms with van der Waals surface area (Å²) in [6, 6.07) is 14.1. The van der Waals surface area contributed by atoms with Crippen molar-refractivity contribution in [2.24, 2.45) is 0 Å². The van der Waals surface area contributed by atoms with Gasteiger partial charge in [0.1, 0.15) is 6.61 Å². The number of nitrogens with zero attached hydrogens (tertiary/aromatic N) is 5. The maximum Gasteiger partial charge on any atom is 0.213 e. The average molecular weight is 401 g/mol. The van der Waals surface area contributed by atoms with Gasteiger partial charge in [0.15, 0.2) is 11.6 Å². The fraction of sp³-hybridized carbons (Fsp3) is 0.217. The Morgan fingerprint density at radius 2 is 1.63 bits per heavy atom. The maximum absolute atomic E-state index is 5.31. The molecule has 0 aliphatic heterocycles. The Kier molecular flexibility index (Phi) is 5.54. The van der Waals surface area contributed by atoms with E-state index >= 15 is 0 Å². The zero-order valence-electron chi connectivity index (χ0n) is 17.5. The van der Waals surface area contributed by atoms with E-state index in [0.717, 1.165) is 28.3 Å². The molecule has 0 bridgehead atoms. The van der Waals surface area contributed by atoms with Crippen LogP contribution in [0.4, 0.5) is 0 Å². The Balaban J connectivity index is 1.76. The highest BCUT2D eigenvalue weighted by Gasteiger charge is 2.16. The lowest BCUT2D eigenvalue weighted by molar-refractivity contribution is 0.176. The Morgan fingerprint density at radius 1 is 0.867 bits per heavy atom. The normalized spacial score (nSPS) is 10.9. The lowest BCUT2D eigenvalue weighted by Gasteiger charge is -2.12. The first kappa shape index (κ1) is 19.7. The van der Waals surface area contributed by atoms with Crippen LogP contribution in [-0.4, -0.2) is 39.0 Å². The molecule has 0 aliphatic rings. The summed E-state index contributed by atoms with van der Waals surface area (Å²) in [5.41, 5.74) is 6.32. The number of hydrogen-bond donors (Lipinski definition) is 0. The second-order valence-corrected chi connectivity index (χ2v) is 6.91. The standard InChI is InChI=1S/C23H23N5O2/c1-15-16(2)24-12-11-20(15)17-5-7-18(8-6-17)23-27-26-21(14-29-3)28(23)19-9-10-22(30-4)25-13-19/h5-13H,14H2,1-4H3. The number of ether oxygens (including phenoxy) is 2. The summed E-state index contributed by atoms with van der Waals surface area (Å²) in [5, 5.41) is 8.75. The van der Waals surface area contributed by atoms with Crippen molar-refractivity contribution in [3.63, 3.8) is 0 Å². The van der Waals surface area contributed by atoms with Gasteiger partial charge in [-0.05, 0) is 42.7 Å². The largest absolute Gasteiger partial charge is 0.481 e. The van der Waals surface area contributed by atoms with Gasteiger partial charge in [-0.1, -0.05) is 24.3 Å². The quantitative estimate of drug-likeness (QED) is 0.483. The Hall–Kier alpha value is -3.58. The molecular formula is C23H23N5O2. The van der Waals surface area contributed by atoms with Crippen LogP contribution in [0.1, 0.15) is 17.1 Å². The third kappa shape index (κ3) is 3.67. The molecule has 0 radical (unpaired) electrons. The van der Waals surface area contributed by atoms with Gasteiger partial charge >= 0.3 is 0 Å². The molecule has 7 heteroatoms. The number of aryl methyl sites for hydroxylation is 1. The third-order valence-corrected chi connectivity index (χ3v) is 5.10. The summed E-state index contributed by atoms with van der Waals surface area (Å²) < 4.78 is 12.4. The highest BCUT2D eigenvalue weighted by molar-refractivity contribution is 5.71. The Labute approximate surface area is 175 Å². The van der Waals surface area contributed by atoms with Crippen LogP contribution < -0.4 is 4.74 Å². The number of hydrogen-bond acceptors (Lipinski definition) is 6. The average Bonchev–Trinajstić information content (AvgIpc) is 3.20. The predicted molar refractivity (Wildman–Crippen MR) is 115 cm³/mol. The van der Waals surface area contributed by atoms with Gasteiger partial charge in [-0.15, -0.1) is 10.2 Å². The molecule has 0 spiro atoms. The minimum Gasteiger partial charge on any atom is -0.481 e. The molecule has 7 nitrogen and oxygen atoms in total. The van der Waals surface area contributed by atoms with Crippen molar-refractivity contribution in [1.29, 1.82) is 0 Å². The van der Waals surface area contributed by atoms with E-state index in [0.29, 0.717) is 18.3 Å². The van der Waals surface area contributed by atoms with E-state index in [2.05, 4.69) is 51.4 Å². The third-order valence-electron chi connectivity index (χ3n) is 5.10. The summed E-state index contributed by atoms with van der Waals surface area (Å²) in [6.07, 6.45) is 3.58. The lowest BCUT2D eigenvalue weighted by Crippen LogP contribution is -2.05. The van der Waals surface area contributed by atoms with Crippen LogP contribution >= 0.6 is 0 Å². The zero-order chi connectivity index (χ0) is 21.1. The summed E-state index contributed by atoms with van der Waals surface area (Å²) >= 11 is 0. The van der Waals surface area contributed by atoms with E-state index in [1.807, 2.05) is 35.9 Å². The molecule has 0 atom stereocenters. The molecule has 0 saturated carbocycles. The first-order chi connectivity index (χ1) is 14.6. The van der Waals surface area contributed by atoms with Crippen LogP contribution in [-0.2, 0) is 11.3 Å². The molecule has 0 saturated heterocycles.